The van der Waals surface area contributed by atoms with E-state index >= 15 is 0 Å². The molecule has 2 fully saturated rings. The van der Waals surface area contributed by atoms with Gasteiger partial charge >= 0.3 is 0 Å². The highest BCUT2D eigenvalue weighted by atomic mass is 16.3. The summed E-state index contributed by atoms with van der Waals surface area (Å²) in [6.07, 6.45) is 10.5. The van der Waals surface area contributed by atoms with Crippen LogP contribution in [0.1, 0.15) is 75.8 Å². The van der Waals surface area contributed by atoms with Crippen LogP contribution in [0.15, 0.2) is 29.3 Å². The van der Waals surface area contributed by atoms with Gasteiger partial charge in [-0.25, -0.2) is 4.99 Å². The Bertz CT molecular complexity index is 634. The lowest BCUT2D eigenvalue weighted by molar-refractivity contribution is 0.120. The van der Waals surface area contributed by atoms with Crippen molar-refractivity contribution >= 4 is 5.96 Å². The van der Waals surface area contributed by atoms with Crippen molar-refractivity contribution in [1.82, 2.24) is 15.5 Å². The van der Waals surface area contributed by atoms with Gasteiger partial charge in [0.1, 0.15) is 0 Å². The third-order valence-electron chi connectivity index (χ3n) is 6.53. The molecule has 0 unspecified atom stereocenters. The maximum atomic E-state index is 9.74. The van der Waals surface area contributed by atoms with E-state index in [1.807, 2.05) is 0 Å². The van der Waals surface area contributed by atoms with Gasteiger partial charge < -0.3 is 15.7 Å². The zero-order valence-electron chi connectivity index (χ0n) is 18.4. The number of rotatable bonds is 7. The molecule has 2 aliphatic rings. The van der Waals surface area contributed by atoms with Gasteiger partial charge in [-0.3, -0.25) is 4.90 Å². The van der Waals surface area contributed by atoms with Gasteiger partial charge in [0.15, 0.2) is 5.96 Å². The fourth-order valence-corrected chi connectivity index (χ4v) is 4.68. The fraction of sp³-hybridized carbons (Fsp3) is 0.708. The third kappa shape index (κ3) is 7.00. The Kier molecular flexibility index (Phi) is 8.81. The van der Waals surface area contributed by atoms with Crippen LogP contribution in [0.4, 0.5) is 0 Å². The normalized spacial score (nSPS) is 23.9. The fourth-order valence-electron chi connectivity index (χ4n) is 4.68. The maximum absolute atomic E-state index is 9.74. The smallest absolute Gasteiger partial charge is 0.191 e. The predicted molar refractivity (Wildman–Crippen MR) is 121 cm³/mol. The van der Waals surface area contributed by atoms with E-state index in [4.69, 9.17) is 4.99 Å². The summed E-state index contributed by atoms with van der Waals surface area (Å²) >= 11 is 0. The molecule has 0 bridgehead atoms. The Morgan fingerprint density at radius 2 is 1.72 bits per heavy atom. The molecule has 0 aliphatic heterocycles. The molecule has 3 N–H and O–H groups in total. The second-order valence-electron chi connectivity index (χ2n) is 8.82. The van der Waals surface area contributed by atoms with Crippen molar-refractivity contribution in [2.24, 2.45) is 4.99 Å². The molecule has 0 radical (unpaired) electrons. The molecule has 0 heterocycles. The van der Waals surface area contributed by atoms with Crippen LogP contribution in [-0.4, -0.2) is 47.7 Å². The molecule has 2 saturated carbocycles. The van der Waals surface area contributed by atoms with Gasteiger partial charge in [-0.2, -0.15) is 0 Å². The molecule has 0 saturated heterocycles. The van der Waals surface area contributed by atoms with Crippen LogP contribution < -0.4 is 10.6 Å². The average Bonchev–Trinajstić information content (AvgIpc) is 2.75. The molecule has 0 spiro atoms. The summed E-state index contributed by atoms with van der Waals surface area (Å²) in [5, 5.41) is 16.7. The number of guanidine groups is 1. The lowest BCUT2D eigenvalue weighted by atomic mass is 9.93. The van der Waals surface area contributed by atoms with Crippen molar-refractivity contribution < 1.29 is 5.11 Å². The van der Waals surface area contributed by atoms with Gasteiger partial charge in [-0.1, -0.05) is 43.5 Å². The van der Waals surface area contributed by atoms with Gasteiger partial charge in [0.25, 0.3) is 0 Å². The quantitative estimate of drug-likeness (QED) is 0.481. The molecule has 3 rings (SSSR count). The van der Waals surface area contributed by atoms with Crippen molar-refractivity contribution in [2.75, 3.05) is 13.6 Å². The van der Waals surface area contributed by atoms with E-state index in [-0.39, 0.29) is 6.10 Å². The van der Waals surface area contributed by atoms with E-state index in [1.165, 1.54) is 43.2 Å². The number of aliphatic imine (C=N–C) groups is 1. The summed E-state index contributed by atoms with van der Waals surface area (Å²) in [6, 6.07) is 9.87. The van der Waals surface area contributed by atoms with Crippen molar-refractivity contribution in [2.45, 2.75) is 96.0 Å². The third-order valence-corrected chi connectivity index (χ3v) is 6.53. The average molecular weight is 401 g/mol. The first-order valence-electron chi connectivity index (χ1n) is 11.7. The van der Waals surface area contributed by atoms with E-state index in [1.54, 1.807) is 0 Å². The van der Waals surface area contributed by atoms with Crippen LogP contribution in [0.25, 0.3) is 0 Å². The van der Waals surface area contributed by atoms with Gasteiger partial charge in [0.2, 0.25) is 0 Å². The molecule has 29 heavy (non-hydrogen) atoms. The standard InChI is InChI=1S/C24H40N4O/c1-3-25-24(27-21-13-15-23(29)16-14-21)26-17-19-9-7-8-10-20(19)18-28(2)22-11-5-4-6-12-22/h7-10,21-23,29H,3-6,11-18H2,1-2H3,(H2,25,26,27). The first-order valence-corrected chi connectivity index (χ1v) is 11.7. The molecule has 1 aromatic carbocycles. The van der Waals surface area contributed by atoms with Crippen LogP contribution >= 0.6 is 0 Å². The first kappa shape index (κ1) is 22.1. The van der Waals surface area contributed by atoms with Gasteiger partial charge in [-0.15, -0.1) is 0 Å². The zero-order valence-corrected chi connectivity index (χ0v) is 18.4. The molecule has 0 aromatic heterocycles. The Balaban J connectivity index is 1.61. The van der Waals surface area contributed by atoms with E-state index in [0.717, 1.165) is 50.8 Å². The second-order valence-corrected chi connectivity index (χ2v) is 8.82. The lowest BCUT2D eigenvalue weighted by Crippen LogP contribution is -2.45. The molecule has 2 aliphatic carbocycles. The van der Waals surface area contributed by atoms with E-state index in [9.17, 15) is 5.11 Å². The largest absolute Gasteiger partial charge is 0.393 e. The van der Waals surface area contributed by atoms with Crippen LogP contribution in [0.3, 0.4) is 0 Å². The van der Waals surface area contributed by atoms with E-state index in [0.29, 0.717) is 12.6 Å². The van der Waals surface area contributed by atoms with Crippen molar-refractivity contribution in [3.63, 3.8) is 0 Å². The van der Waals surface area contributed by atoms with Crippen LogP contribution in [-0.2, 0) is 13.1 Å². The van der Waals surface area contributed by atoms with Gasteiger partial charge in [0, 0.05) is 25.2 Å². The maximum Gasteiger partial charge on any atom is 0.191 e. The molecule has 5 nitrogen and oxygen atoms in total. The molecular formula is C24H40N4O. The molecule has 5 heteroatoms. The number of nitrogens with zero attached hydrogens (tertiary/aromatic N) is 2. The number of aliphatic hydroxyl groups excluding tert-OH is 1. The SMILES string of the molecule is CCNC(=NCc1ccccc1CN(C)C1CCCCC1)NC1CCC(O)CC1. The van der Waals surface area contributed by atoms with Gasteiger partial charge in [0.05, 0.1) is 12.6 Å². The highest BCUT2D eigenvalue weighted by Gasteiger charge is 2.20. The zero-order chi connectivity index (χ0) is 20.5. The van der Waals surface area contributed by atoms with Crippen LogP contribution in [0.2, 0.25) is 0 Å². The second kappa shape index (κ2) is 11.6. The monoisotopic (exact) mass is 400 g/mol. The number of hydrogen-bond acceptors (Lipinski definition) is 3. The summed E-state index contributed by atoms with van der Waals surface area (Å²) in [5.74, 6) is 0.893. The molecule has 0 amide bonds. The number of benzene rings is 1. The summed E-state index contributed by atoms with van der Waals surface area (Å²) in [7, 11) is 2.28. The summed E-state index contributed by atoms with van der Waals surface area (Å²) in [4.78, 5) is 7.43. The van der Waals surface area contributed by atoms with Crippen LogP contribution in [0.5, 0.6) is 0 Å². The topological polar surface area (TPSA) is 59.9 Å². The van der Waals surface area contributed by atoms with E-state index < -0.39 is 0 Å². The van der Waals surface area contributed by atoms with Crippen LogP contribution in [0, 0.1) is 0 Å². The minimum absolute atomic E-state index is 0.124. The Morgan fingerprint density at radius 3 is 2.41 bits per heavy atom. The number of aliphatic hydroxyl groups is 1. The van der Waals surface area contributed by atoms with Crippen molar-refractivity contribution in [3.8, 4) is 0 Å². The predicted octanol–water partition coefficient (Wildman–Crippen LogP) is 3.81. The number of nitrogens with one attached hydrogen (secondary N) is 2. The van der Waals surface area contributed by atoms with Crippen molar-refractivity contribution in [3.05, 3.63) is 35.4 Å². The molecule has 1 aromatic rings. The molecule has 162 valence electrons. The van der Waals surface area contributed by atoms with E-state index in [2.05, 4.69) is 53.8 Å². The highest BCUT2D eigenvalue weighted by Crippen LogP contribution is 2.24. The summed E-state index contributed by atoms with van der Waals surface area (Å²) in [6.45, 7) is 4.66. The first-order chi connectivity index (χ1) is 14.2. The number of hydrogen-bond donors (Lipinski definition) is 3. The molecule has 0 atom stereocenters. The van der Waals surface area contributed by atoms with Crippen molar-refractivity contribution in [1.29, 1.82) is 0 Å². The van der Waals surface area contributed by atoms with Gasteiger partial charge in [-0.05, 0) is 63.6 Å². The Hall–Kier alpha value is -1.59. The Labute approximate surface area is 177 Å². The summed E-state index contributed by atoms with van der Waals surface area (Å²) < 4.78 is 0. The molecular weight excluding hydrogens is 360 g/mol. The minimum Gasteiger partial charge on any atom is -0.393 e. The minimum atomic E-state index is -0.124. The lowest BCUT2D eigenvalue weighted by Gasteiger charge is -2.31. The summed E-state index contributed by atoms with van der Waals surface area (Å²) in [5.41, 5.74) is 2.70. The Morgan fingerprint density at radius 1 is 1.03 bits per heavy atom. The highest BCUT2D eigenvalue weighted by molar-refractivity contribution is 5.80.